The Kier molecular flexibility index (Phi) is 5.84. The van der Waals surface area contributed by atoms with Crippen LogP contribution in [-0.4, -0.2) is 50.6 Å². The zero-order valence-corrected chi connectivity index (χ0v) is 19.3. The summed E-state index contributed by atoms with van der Waals surface area (Å²) in [4.78, 5) is 19.3. The lowest BCUT2D eigenvalue weighted by Crippen LogP contribution is -2.43. The molecule has 158 valence electrons. The van der Waals surface area contributed by atoms with Crippen LogP contribution >= 0.6 is 23.1 Å². The van der Waals surface area contributed by atoms with E-state index in [9.17, 15) is 4.79 Å². The van der Waals surface area contributed by atoms with Crippen molar-refractivity contribution in [3.8, 4) is 22.8 Å². The molecule has 1 aliphatic heterocycles. The fraction of sp³-hybridized carbons (Fsp3) is 0.429. The first-order valence-electron chi connectivity index (χ1n) is 9.83. The Morgan fingerprint density at radius 3 is 2.63 bits per heavy atom. The molecule has 2 aromatic heterocycles. The summed E-state index contributed by atoms with van der Waals surface area (Å²) in [6.45, 7) is 10.3. The number of aryl methyl sites for hydroxylation is 1. The van der Waals surface area contributed by atoms with Crippen LogP contribution < -0.4 is 9.47 Å². The van der Waals surface area contributed by atoms with Gasteiger partial charge in [0.2, 0.25) is 12.7 Å². The summed E-state index contributed by atoms with van der Waals surface area (Å²) in [6.07, 6.45) is 0. The van der Waals surface area contributed by atoms with E-state index >= 15 is 0 Å². The van der Waals surface area contributed by atoms with Crippen LogP contribution in [0.5, 0.6) is 11.5 Å². The molecule has 30 heavy (non-hydrogen) atoms. The van der Waals surface area contributed by atoms with Crippen LogP contribution in [0.15, 0.2) is 23.2 Å². The third-order valence-corrected chi connectivity index (χ3v) is 6.69. The molecule has 0 saturated carbocycles. The van der Waals surface area contributed by atoms with Crippen LogP contribution in [0.1, 0.15) is 32.7 Å². The summed E-state index contributed by atoms with van der Waals surface area (Å²) in [6, 6.07) is 6.05. The first-order chi connectivity index (χ1) is 14.3. The molecule has 0 radical (unpaired) electrons. The normalized spacial score (nSPS) is 12.9. The third-order valence-electron chi connectivity index (χ3n) is 4.77. The minimum atomic E-state index is 0.0896. The molecule has 0 aliphatic carbocycles. The Labute approximate surface area is 183 Å². The molecule has 3 heterocycles. The number of ether oxygens (including phenoxy) is 2. The summed E-state index contributed by atoms with van der Waals surface area (Å²) < 4.78 is 11.9. The minimum absolute atomic E-state index is 0.0896. The van der Waals surface area contributed by atoms with Crippen molar-refractivity contribution in [2.75, 3.05) is 12.5 Å². The fourth-order valence-corrected chi connectivity index (χ4v) is 5.41. The van der Waals surface area contributed by atoms with Gasteiger partial charge >= 0.3 is 0 Å². The highest BCUT2D eigenvalue weighted by atomic mass is 32.2. The van der Waals surface area contributed by atoms with E-state index in [0.717, 1.165) is 32.2 Å². The van der Waals surface area contributed by atoms with E-state index in [4.69, 9.17) is 9.47 Å². The largest absolute Gasteiger partial charge is 0.454 e. The van der Waals surface area contributed by atoms with E-state index in [0.29, 0.717) is 16.5 Å². The average molecular weight is 445 g/mol. The number of amides is 1. The summed E-state index contributed by atoms with van der Waals surface area (Å²) in [5.74, 6) is 1.83. The van der Waals surface area contributed by atoms with Gasteiger partial charge in [-0.1, -0.05) is 11.8 Å². The number of thioether (sulfide) groups is 1. The number of hydrogen-bond acceptors (Lipinski definition) is 8. The van der Waals surface area contributed by atoms with Gasteiger partial charge in [-0.25, -0.2) is 4.98 Å². The van der Waals surface area contributed by atoms with E-state index in [1.165, 1.54) is 11.8 Å². The van der Waals surface area contributed by atoms with Gasteiger partial charge in [0.05, 0.1) is 15.5 Å². The van der Waals surface area contributed by atoms with Crippen molar-refractivity contribution in [3.05, 3.63) is 23.2 Å². The lowest BCUT2D eigenvalue weighted by Gasteiger charge is -2.30. The third kappa shape index (κ3) is 3.96. The van der Waals surface area contributed by atoms with E-state index in [2.05, 4.69) is 15.2 Å². The Morgan fingerprint density at radius 1 is 1.17 bits per heavy atom. The molecule has 1 amide bonds. The summed E-state index contributed by atoms with van der Waals surface area (Å²) in [7, 11) is 0. The Hall–Kier alpha value is -2.39. The standard InChI is InChI=1S/C21H24N4O3S2/c1-11(2)25(12(3)4)17(26)9-29-21-19-20(30-13(5)22-19)18(23-24-21)14-6-7-15-16(8-14)28-10-27-15/h6-8,11-12H,9-10H2,1-5H3. The van der Waals surface area contributed by atoms with Gasteiger partial charge in [-0.05, 0) is 52.8 Å². The van der Waals surface area contributed by atoms with Crippen molar-refractivity contribution in [1.82, 2.24) is 20.1 Å². The molecule has 0 spiro atoms. The van der Waals surface area contributed by atoms with Gasteiger partial charge in [0, 0.05) is 17.6 Å². The molecule has 0 unspecified atom stereocenters. The second-order valence-electron chi connectivity index (χ2n) is 7.61. The molecular formula is C21H24N4O3S2. The molecule has 4 rings (SSSR count). The highest BCUT2D eigenvalue weighted by Gasteiger charge is 2.23. The topological polar surface area (TPSA) is 77.4 Å². The van der Waals surface area contributed by atoms with Gasteiger partial charge in [0.1, 0.15) is 16.2 Å². The van der Waals surface area contributed by atoms with Crippen molar-refractivity contribution >= 4 is 39.2 Å². The predicted octanol–water partition coefficient (Wildman–Crippen LogP) is 4.53. The molecule has 3 aromatic rings. The minimum Gasteiger partial charge on any atom is -0.454 e. The van der Waals surface area contributed by atoms with Crippen molar-refractivity contribution < 1.29 is 14.3 Å². The van der Waals surface area contributed by atoms with Crippen LogP contribution in [0.2, 0.25) is 0 Å². The number of carbonyl (C=O) groups is 1. The molecule has 0 N–H and O–H groups in total. The Morgan fingerprint density at radius 2 is 1.90 bits per heavy atom. The monoisotopic (exact) mass is 444 g/mol. The number of nitrogens with zero attached hydrogens (tertiary/aromatic N) is 4. The molecule has 0 bridgehead atoms. The van der Waals surface area contributed by atoms with Gasteiger partial charge in [0.15, 0.2) is 11.5 Å². The number of benzene rings is 1. The van der Waals surface area contributed by atoms with Gasteiger partial charge in [-0.3, -0.25) is 4.79 Å². The van der Waals surface area contributed by atoms with Gasteiger partial charge in [-0.2, -0.15) is 0 Å². The molecule has 1 aromatic carbocycles. The summed E-state index contributed by atoms with van der Waals surface area (Å²) >= 11 is 2.97. The maximum Gasteiger partial charge on any atom is 0.233 e. The maximum absolute atomic E-state index is 12.8. The number of hydrogen-bond donors (Lipinski definition) is 0. The van der Waals surface area contributed by atoms with E-state index in [1.54, 1.807) is 11.3 Å². The lowest BCUT2D eigenvalue weighted by atomic mass is 10.1. The van der Waals surface area contributed by atoms with Crippen LogP contribution in [0.25, 0.3) is 21.5 Å². The Bertz CT molecular complexity index is 1090. The predicted molar refractivity (Wildman–Crippen MR) is 119 cm³/mol. The molecule has 9 heteroatoms. The lowest BCUT2D eigenvalue weighted by molar-refractivity contribution is -0.131. The van der Waals surface area contributed by atoms with Crippen LogP contribution in [0.4, 0.5) is 0 Å². The SMILES string of the molecule is Cc1nc2c(SCC(=O)N(C(C)C)C(C)C)nnc(-c3ccc4c(c3)OCO4)c2s1. The van der Waals surface area contributed by atoms with Crippen LogP contribution in [0.3, 0.4) is 0 Å². The van der Waals surface area contributed by atoms with Crippen molar-refractivity contribution in [1.29, 1.82) is 0 Å². The zero-order valence-electron chi connectivity index (χ0n) is 17.6. The molecule has 0 fully saturated rings. The van der Waals surface area contributed by atoms with E-state index in [1.807, 2.05) is 57.7 Å². The smallest absolute Gasteiger partial charge is 0.233 e. The van der Waals surface area contributed by atoms with E-state index < -0.39 is 0 Å². The fourth-order valence-electron chi connectivity index (χ4n) is 3.63. The van der Waals surface area contributed by atoms with Crippen molar-refractivity contribution in [2.24, 2.45) is 0 Å². The number of aromatic nitrogens is 3. The first kappa shape index (κ1) is 20.9. The van der Waals surface area contributed by atoms with Crippen LogP contribution in [0, 0.1) is 6.92 Å². The first-order valence-corrected chi connectivity index (χ1v) is 11.6. The number of rotatable bonds is 6. The zero-order chi connectivity index (χ0) is 21.4. The van der Waals surface area contributed by atoms with E-state index in [-0.39, 0.29) is 24.8 Å². The summed E-state index contributed by atoms with van der Waals surface area (Å²) in [5, 5.41) is 10.5. The quantitative estimate of drug-likeness (QED) is 0.517. The number of thiazole rings is 1. The molecule has 7 nitrogen and oxygen atoms in total. The van der Waals surface area contributed by atoms with Gasteiger partial charge in [-0.15, -0.1) is 21.5 Å². The average Bonchev–Trinajstić information content (AvgIpc) is 3.30. The molecule has 0 atom stereocenters. The molecule has 1 aliphatic rings. The maximum atomic E-state index is 12.8. The van der Waals surface area contributed by atoms with Crippen molar-refractivity contribution in [2.45, 2.75) is 51.7 Å². The number of carbonyl (C=O) groups excluding carboxylic acids is 1. The second-order valence-corrected chi connectivity index (χ2v) is 9.78. The van der Waals surface area contributed by atoms with Gasteiger partial charge in [0.25, 0.3) is 0 Å². The van der Waals surface area contributed by atoms with Gasteiger partial charge < -0.3 is 14.4 Å². The highest BCUT2D eigenvalue weighted by molar-refractivity contribution is 8.00. The van der Waals surface area contributed by atoms with Crippen LogP contribution in [-0.2, 0) is 4.79 Å². The molecular weight excluding hydrogens is 420 g/mol. The van der Waals surface area contributed by atoms with Crippen molar-refractivity contribution in [3.63, 3.8) is 0 Å². The molecule has 0 saturated heterocycles. The second kappa shape index (κ2) is 8.39. The summed E-state index contributed by atoms with van der Waals surface area (Å²) in [5.41, 5.74) is 2.45. The Balaban J connectivity index is 1.64. The number of fused-ring (bicyclic) bond motifs is 2. The highest BCUT2D eigenvalue weighted by Crippen LogP contribution is 2.39.